The minimum atomic E-state index is 0.737. The van der Waals surface area contributed by atoms with Crippen LogP contribution < -0.4 is 0 Å². The second kappa shape index (κ2) is 6.57. The second-order valence-corrected chi connectivity index (χ2v) is 5.17. The Hall–Kier alpha value is 0.110. The lowest BCUT2D eigenvalue weighted by molar-refractivity contribution is 0.485. The third kappa shape index (κ3) is 4.09. The van der Waals surface area contributed by atoms with E-state index in [4.69, 9.17) is 4.42 Å². The molecule has 0 fully saturated rings. The van der Waals surface area contributed by atoms with Crippen molar-refractivity contribution < 1.29 is 4.42 Å². The van der Waals surface area contributed by atoms with Crippen molar-refractivity contribution >= 4 is 27.7 Å². The number of alkyl halides is 1. The predicted octanol–water partition coefficient (Wildman–Crippen LogP) is 4.11. The van der Waals surface area contributed by atoms with Gasteiger partial charge in [0.2, 0.25) is 0 Å². The largest absolute Gasteiger partial charge is 0.465 e. The molecule has 14 heavy (non-hydrogen) atoms. The Morgan fingerprint density at radius 1 is 1.43 bits per heavy atom. The van der Waals surface area contributed by atoms with Crippen molar-refractivity contribution in [3.63, 3.8) is 0 Å². The number of rotatable bonds is 6. The Labute approximate surface area is 98.8 Å². The fourth-order valence-corrected chi connectivity index (χ4v) is 2.62. The number of furan rings is 1. The molecule has 0 aliphatic rings. The highest BCUT2D eigenvalue weighted by Crippen LogP contribution is 2.18. The molecule has 0 N–H and O–H groups in total. The maximum Gasteiger partial charge on any atom is 0.114 e. The van der Waals surface area contributed by atoms with Crippen LogP contribution in [0.1, 0.15) is 25.4 Å². The molecule has 1 nitrogen and oxygen atoms in total. The van der Waals surface area contributed by atoms with E-state index in [9.17, 15) is 0 Å². The summed E-state index contributed by atoms with van der Waals surface area (Å²) in [6, 6.07) is 4.16. The Kier molecular flexibility index (Phi) is 5.71. The number of halogens is 1. The molecule has 0 amide bonds. The third-order valence-electron chi connectivity index (χ3n) is 1.98. The Balaban J connectivity index is 2.24. The lowest BCUT2D eigenvalue weighted by Gasteiger charge is -2.05. The molecule has 0 radical (unpaired) electrons. The summed E-state index contributed by atoms with van der Waals surface area (Å²) in [5.74, 6) is 5.12. The third-order valence-corrected chi connectivity index (χ3v) is 4.37. The summed E-state index contributed by atoms with van der Waals surface area (Å²) >= 11 is 5.42. The van der Waals surface area contributed by atoms with Crippen LogP contribution in [0.3, 0.4) is 0 Å². The molecule has 0 aliphatic carbocycles. The molecule has 1 heterocycles. The van der Waals surface area contributed by atoms with Crippen LogP contribution in [0.5, 0.6) is 0 Å². The number of hydrogen-bond donors (Lipinski definition) is 0. The van der Waals surface area contributed by atoms with Crippen molar-refractivity contribution in [2.45, 2.75) is 26.0 Å². The number of thioether (sulfide) groups is 1. The number of hydrogen-bond acceptors (Lipinski definition) is 2. The van der Waals surface area contributed by atoms with Crippen LogP contribution in [0.2, 0.25) is 0 Å². The van der Waals surface area contributed by atoms with Crippen LogP contribution in [0.4, 0.5) is 0 Å². The van der Waals surface area contributed by atoms with Crippen LogP contribution in [0.25, 0.3) is 0 Å². The topological polar surface area (TPSA) is 13.1 Å². The fourth-order valence-electron chi connectivity index (χ4n) is 1.10. The van der Waals surface area contributed by atoms with E-state index < -0.39 is 0 Å². The molecule has 1 rings (SSSR count). The zero-order valence-corrected chi connectivity index (χ0v) is 11.2. The highest BCUT2D eigenvalue weighted by atomic mass is 79.9. The molecule has 0 saturated heterocycles. The van der Waals surface area contributed by atoms with E-state index in [0.717, 1.165) is 34.9 Å². The highest BCUT2D eigenvalue weighted by molar-refractivity contribution is 9.09. The molecule has 1 unspecified atom stereocenters. The highest BCUT2D eigenvalue weighted by Gasteiger charge is 2.03. The van der Waals surface area contributed by atoms with E-state index in [0.29, 0.717) is 0 Å². The zero-order valence-electron chi connectivity index (χ0n) is 8.75. The first-order chi connectivity index (χ1) is 6.76. The molecule has 3 heteroatoms. The van der Waals surface area contributed by atoms with Crippen molar-refractivity contribution in [1.29, 1.82) is 0 Å². The lowest BCUT2D eigenvalue weighted by Crippen LogP contribution is -1.98. The zero-order chi connectivity index (χ0) is 10.4. The summed E-state index contributed by atoms with van der Waals surface area (Å²) in [5.41, 5.74) is 0. The summed E-state index contributed by atoms with van der Waals surface area (Å²) in [6.07, 6.45) is 0.989. The average molecular weight is 277 g/mol. The van der Waals surface area contributed by atoms with E-state index in [1.807, 2.05) is 11.8 Å². The Morgan fingerprint density at radius 2 is 2.14 bits per heavy atom. The molecule has 0 saturated carbocycles. The maximum absolute atomic E-state index is 5.62. The molecule has 0 aromatic carbocycles. The minimum Gasteiger partial charge on any atom is -0.465 e. The molecule has 80 valence electrons. The van der Waals surface area contributed by atoms with Crippen LogP contribution in [0, 0.1) is 5.92 Å². The molecule has 0 spiro atoms. The van der Waals surface area contributed by atoms with Gasteiger partial charge in [-0.25, -0.2) is 0 Å². The van der Waals surface area contributed by atoms with Gasteiger partial charge in [0.15, 0.2) is 0 Å². The summed E-state index contributed by atoms with van der Waals surface area (Å²) in [6.45, 7) is 4.37. The average Bonchev–Trinajstić information content (AvgIpc) is 2.65. The predicted molar refractivity (Wildman–Crippen MR) is 67.2 cm³/mol. The van der Waals surface area contributed by atoms with Gasteiger partial charge in [-0.2, -0.15) is 11.8 Å². The van der Waals surface area contributed by atoms with Crippen molar-refractivity contribution in [3.05, 3.63) is 23.7 Å². The van der Waals surface area contributed by atoms with E-state index in [1.165, 1.54) is 5.75 Å². The molecular formula is C11H17BrOS. The van der Waals surface area contributed by atoms with Crippen molar-refractivity contribution in [2.75, 3.05) is 11.1 Å². The van der Waals surface area contributed by atoms with Gasteiger partial charge in [-0.1, -0.05) is 29.8 Å². The summed E-state index contributed by atoms with van der Waals surface area (Å²) < 4.78 is 5.62. The van der Waals surface area contributed by atoms with Crippen LogP contribution in [-0.2, 0) is 12.2 Å². The van der Waals surface area contributed by atoms with Gasteiger partial charge in [0, 0.05) is 11.8 Å². The first-order valence-corrected chi connectivity index (χ1v) is 7.25. The van der Waals surface area contributed by atoms with E-state index in [1.54, 1.807) is 0 Å². The quantitative estimate of drug-likeness (QED) is 0.726. The van der Waals surface area contributed by atoms with Gasteiger partial charge in [0.25, 0.3) is 0 Å². The van der Waals surface area contributed by atoms with Gasteiger partial charge < -0.3 is 4.42 Å². The first kappa shape index (κ1) is 12.2. The molecule has 1 aromatic rings. The van der Waals surface area contributed by atoms with E-state index >= 15 is 0 Å². The van der Waals surface area contributed by atoms with Crippen LogP contribution in [-0.4, -0.2) is 11.1 Å². The van der Waals surface area contributed by atoms with Gasteiger partial charge in [0.05, 0.1) is 5.75 Å². The van der Waals surface area contributed by atoms with Crippen molar-refractivity contribution in [3.8, 4) is 0 Å². The maximum atomic E-state index is 5.62. The normalized spacial score (nSPS) is 13.1. The van der Waals surface area contributed by atoms with Gasteiger partial charge in [-0.15, -0.1) is 0 Å². The monoisotopic (exact) mass is 276 g/mol. The van der Waals surface area contributed by atoms with Gasteiger partial charge >= 0.3 is 0 Å². The van der Waals surface area contributed by atoms with Crippen LogP contribution >= 0.6 is 27.7 Å². The second-order valence-electron chi connectivity index (χ2n) is 3.50. The van der Waals surface area contributed by atoms with Crippen LogP contribution in [0.15, 0.2) is 16.5 Å². The summed E-state index contributed by atoms with van der Waals surface area (Å²) in [7, 11) is 0. The first-order valence-electron chi connectivity index (χ1n) is 4.97. The van der Waals surface area contributed by atoms with Gasteiger partial charge in [0.1, 0.15) is 11.5 Å². The SMILES string of the molecule is CCc1ccc(CSCC(C)CBr)o1. The molecule has 1 atom stereocenters. The van der Waals surface area contributed by atoms with Gasteiger partial charge in [-0.3, -0.25) is 0 Å². The molecule has 0 aliphatic heterocycles. The Bertz CT molecular complexity index is 260. The Morgan fingerprint density at radius 3 is 2.71 bits per heavy atom. The minimum absolute atomic E-state index is 0.737. The smallest absolute Gasteiger partial charge is 0.114 e. The lowest BCUT2D eigenvalue weighted by atomic mass is 10.3. The summed E-state index contributed by atoms with van der Waals surface area (Å²) in [4.78, 5) is 0. The van der Waals surface area contributed by atoms with Crippen molar-refractivity contribution in [2.24, 2.45) is 5.92 Å². The summed E-state index contributed by atoms with van der Waals surface area (Å²) in [5, 5.41) is 1.08. The van der Waals surface area contributed by atoms with Crippen molar-refractivity contribution in [1.82, 2.24) is 0 Å². The van der Waals surface area contributed by atoms with E-state index in [-0.39, 0.29) is 0 Å². The molecule has 0 bridgehead atoms. The standard InChI is InChI=1S/C11H17BrOS/c1-3-10-4-5-11(13-10)8-14-7-9(2)6-12/h4-5,9H,3,6-8H2,1-2H3. The van der Waals surface area contributed by atoms with E-state index in [2.05, 4.69) is 41.9 Å². The van der Waals surface area contributed by atoms with Gasteiger partial charge in [-0.05, 0) is 23.8 Å². The molecular weight excluding hydrogens is 260 g/mol. The fraction of sp³-hybridized carbons (Fsp3) is 0.636. The molecule has 1 aromatic heterocycles. The number of aryl methyl sites for hydroxylation is 1.